The van der Waals surface area contributed by atoms with Crippen molar-refractivity contribution in [2.45, 2.75) is 6.92 Å². The summed E-state index contributed by atoms with van der Waals surface area (Å²) in [5.41, 5.74) is 4.63. The zero-order valence-corrected chi connectivity index (χ0v) is 9.36. The number of benzene rings is 1. The van der Waals surface area contributed by atoms with Gasteiger partial charge in [-0.2, -0.15) is 5.10 Å². The van der Waals surface area contributed by atoms with Gasteiger partial charge in [0.15, 0.2) is 0 Å². The SMILES string of the molecule is Cc1nn(C)cc1-c1ccc2cc[nH]c2c1. The molecule has 2 heterocycles. The fraction of sp³-hybridized carbons (Fsp3) is 0.154. The molecule has 3 heteroatoms. The van der Waals surface area contributed by atoms with Crippen LogP contribution in [0, 0.1) is 6.92 Å². The number of aromatic amines is 1. The Kier molecular flexibility index (Phi) is 1.86. The fourth-order valence-corrected chi connectivity index (χ4v) is 2.10. The summed E-state index contributed by atoms with van der Waals surface area (Å²) in [5, 5.41) is 5.60. The van der Waals surface area contributed by atoms with Gasteiger partial charge in [-0.1, -0.05) is 12.1 Å². The molecular formula is C13H13N3. The van der Waals surface area contributed by atoms with E-state index in [9.17, 15) is 0 Å². The van der Waals surface area contributed by atoms with Crippen LogP contribution < -0.4 is 0 Å². The summed E-state index contributed by atoms with van der Waals surface area (Å²) in [6.07, 6.45) is 4.02. The van der Waals surface area contributed by atoms with E-state index >= 15 is 0 Å². The highest BCUT2D eigenvalue weighted by Gasteiger charge is 2.06. The standard InChI is InChI=1S/C13H13N3/c1-9-12(8-16(2)15-9)11-4-3-10-5-6-14-13(10)7-11/h3-8,14H,1-2H3. The molecule has 0 aliphatic rings. The Labute approximate surface area is 93.7 Å². The zero-order chi connectivity index (χ0) is 11.1. The van der Waals surface area contributed by atoms with Gasteiger partial charge in [-0.3, -0.25) is 4.68 Å². The van der Waals surface area contributed by atoms with Gasteiger partial charge in [0, 0.05) is 30.5 Å². The lowest BCUT2D eigenvalue weighted by molar-refractivity contribution is 0.756. The van der Waals surface area contributed by atoms with E-state index in [1.807, 2.05) is 24.9 Å². The molecule has 3 nitrogen and oxygen atoms in total. The summed E-state index contributed by atoms with van der Waals surface area (Å²) < 4.78 is 1.85. The van der Waals surface area contributed by atoms with Crippen molar-refractivity contribution in [3.8, 4) is 11.1 Å². The third-order valence-electron chi connectivity index (χ3n) is 2.88. The summed E-state index contributed by atoms with van der Waals surface area (Å²) in [7, 11) is 1.95. The smallest absolute Gasteiger partial charge is 0.0671 e. The normalized spacial score (nSPS) is 11.1. The largest absolute Gasteiger partial charge is 0.361 e. The van der Waals surface area contributed by atoms with Crippen molar-refractivity contribution in [1.82, 2.24) is 14.8 Å². The van der Waals surface area contributed by atoms with Crippen LogP contribution in [0.3, 0.4) is 0 Å². The Morgan fingerprint density at radius 1 is 1.25 bits per heavy atom. The van der Waals surface area contributed by atoms with Gasteiger partial charge in [0.1, 0.15) is 0 Å². The van der Waals surface area contributed by atoms with Gasteiger partial charge in [0.25, 0.3) is 0 Å². The first kappa shape index (κ1) is 9.21. The van der Waals surface area contributed by atoms with Crippen LogP contribution in [0.25, 0.3) is 22.0 Å². The van der Waals surface area contributed by atoms with Crippen LogP contribution in [0.2, 0.25) is 0 Å². The van der Waals surface area contributed by atoms with Gasteiger partial charge in [-0.15, -0.1) is 0 Å². The molecule has 1 aromatic carbocycles. The highest BCUT2D eigenvalue weighted by atomic mass is 15.2. The first-order valence-electron chi connectivity index (χ1n) is 5.32. The first-order valence-corrected chi connectivity index (χ1v) is 5.32. The predicted octanol–water partition coefficient (Wildman–Crippen LogP) is 2.88. The van der Waals surface area contributed by atoms with Crippen molar-refractivity contribution in [3.63, 3.8) is 0 Å². The number of hydrogen-bond acceptors (Lipinski definition) is 1. The van der Waals surface area contributed by atoms with E-state index in [0.717, 1.165) is 5.69 Å². The molecule has 0 aliphatic heterocycles. The molecule has 3 aromatic rings. The second-order valence-electron chi connectivity index (χ2n) is 4.08. The maximum absolute atomic E-state index is 4.36. The molecule has 0 radical (unpaired) electrons. The lowest BCUT2D eigenvalue weighted by Gasteiger charge is -1.99. The van der Waals surface area contributed by atoms with Crippen molar-refractivity contribution >= 4 is 10.9 Å². The van der Waals surface area contributed by atoms with E-state index in [4.69, 9.17) is 0 Å². The van der Waals surface area contributed by atoms with Crippen LogP contribution in [0.15, 0.2) is 36.7 Å². The van der Waals surface area contributed by atoms with Gasteiger partial charge in [0.2, 0.25) is 0 Å². The third-order valence-corrected chi connectivity index (χ3v) is 2.88. The monoisotopic (exact) mass is 211 g/mol. The summed E-state index contributed by atoms with van der Waals surface area (Å²) in [6.45, 7) is 2.04. The summed E-state index contributed by atoms with van der Waals surface area (Å²) in [5.74, 6) is 0. The molecule has 1 N–H and O–H groups in total. The van der Waals surface area contributed by atoms with Crippen LogP contribution >= 0.6 is 0 Å². The highest BCUT2D eigenvalue weighted by Crippen LogP contribution is 2.25. The molecule has 0 unspecified atom stereocenters. The Morgan fingerprint density at radius 3 is 2.88 bits per heavy atom. The molecule has 0 saturated heterocycles. The number of H-pyrrole nitrogens is 1. The van der Waals surface area contributed by atoms with Gasteiger partial charge in [0.05, 0.1) is 5.69 Å². The van der Waals surface area contributed by atoms with Crippen molar-refractivity contribution in [2.75, 3.05) is 0 Å². The van der Waals surface area contributed by atoms with Crippen LogP contribution in [-0.4, -0.2) is 14.8 Å². The van der Waals surface area contributed by atoms with E-state index in [0.29, 0.717) is 0 Å². The quantitative estimate of drug-likeness (QED) is 0.659. The maximum Gasteiger partial charge on any atom is 0.0671 e. The van der Waals surface area contributed by atoms with Crippen molar-refractivity contribution < 1.29 is 0 Å². The molecule has 0 fully saturated rings. The molecule has 0 spiro atoms. The topological polar surface area (TPSA) is 33.6 Å². The average Bonchev–Trinajstić information content (AvgIpc) is 2.83. The molecule has 80 valence electrons. The number of aromatic nitrogens is 3. The summed E-state index contributed by atoms with van der Waals surface area (Å²) in [6, 6.07) is 8.52. The molecule has 2 aromatic heterocycles. The third kappa shape index (κ3) is 1.33. The van der Waals surface area contributed by atoms with Crippen LogP contribution in [0.4, 0.5) is 0 Å². The van der Waals surface area contributed by atoms with Gasteiger partial charge in [-0.05, 0) is 30.0 Å². The summed E-state index contributed by atoms with van der Waals surface area (Å²) >= 11 is 0. The molecule has 0 saturated carbocycles. The van der Waals surface area contributed by atoms with Gasteiger partial charge >= 0.3 is 0 Å². The fourth-order valence-electron chi connectivity index (χ4n) is 2.10. The minimum absolute atomic E-state index is 1.06. The number of aryl methyl sites for hydroxylation is 2. The summed E-state index contributed by atoms with van der Waals surface area (Å²) in [4.78, 5) is 3.23. The van der Waals surface area contributed by atoms with E-state index < -0.39 is 0 Å². The Balaban J connectivity index is 2.21. The second kappa shape index (κ2) is 3.23. The molecule has 0 amide bonds. The van der Waals surface area contributed by atoms with Crippen molar-refractivity contribution in [3.05, 3.63) is 42.4 Å². The van der Waals surface area contributed by atoms with E-state index in [2.05, 4.69) is 40.5 Å². The number of nitrogens with zero attached hydrogens (tertiary/aromatic N) is 2. The number of hydrogen-bond donors (Lipinski definition) is 1. The second-order valence-corrected chi connectivity index (χ2v) is 4.08. The Hall–Kier alpha value is -2.03. The molecule has 0 aliphatic carbocycles. The maximum atomic E-state index is 4.36. The van der Waals surface area contributed by atoms with E-state index in [1.54, 1.807) is 0 Å². The Bertz CT molecular complexity index is 646. The van der Waals surface area contributed by atoms with Crippen molar-refractivity contribution in [1.29, 1.82) is 0 Å². The minimum Gasteiger partial charge on any atom is -0.361 e. The molecule has 3 rings (SSSR count). The molecule has 16 heavy (non-hydrogen) atoms. The minimum atomic E-state index is 1.06. The van der Waals surface area contributed by atoms with Crippen LogP contribution in [0.5, 0.6) is 0 Å². The van der Waals surface area contributed by atoms with Gasteiger partial charge in [-0.25, -0.2) is 0 Å². The zero-order valence-electron chi connectivity index (χ0n) is 9.36. The lowest BCUT2D eigenvalue weighted by Crippen LogP contribution is -1.86. The molecule has 0 bridgehead atoms. The number of rotatable bonds is 1. The predicted molar refractivity (Wildman–Crippen MR) is 65.2 cm³/mol. The van der Waals surface area contributed by atoms with Gasteiger partial charge < -0.3 is 4.98 Å². The number of nitrogens with one attached hydrogen (secondary N) is 1. The molecular weight excluding hydrogens is 198 g/mol. The van der Waals surface area contributed by atoms with E-state index in [-0.39, 0.29) is 0 Å². The molecule has 0 atom stereocenters. The highest BCUT2D eigenvalue weighted by molar-refractivity contribution is 5.85. The van der Waals surface area contributed by atoms with Crippen LogP contribution in [0.1, 0.15) is 5.69 Å². The lowest BCUT2D eigenvalue weighted by atomic mass is 10.1. The average molecular weight is 211 g/mol. The van der Waals surface area contributed by atoms with Crippen LogP contribution in [-0.2, 0) is 7.05 Å². The van der Waals surface area contributed by atoms with E-state index in [1.165, 1.54) is 22.0 Å². The van der Waals surface area contributed by atoms with Crippen molar-refractivity contribution in [2.24, 2.45) is 7.05 Å². The first-order chi connectivity index (χ1) is 7.74. The Morgan fingerprint density at radius 2 is 2.12 bits per heavy atom. The number of fused-ring (bicyclic) bond motifs is 1.